The third kappa shape index (κ3) is 4.18. The smallest absolute Gasteiger partial charge is 0.223 e. The van der Waals surface area contributed by atoms with Gasteiger partial charge in [0.15, 0.2) is 0 Å². The van der Waals surface area contributed by atoms with Crippen LogP contribution >= 0.6 is 0 Å². The van der Waals surface area contributed by atoms with Crippen molar-refractivity contribution >= 4 is 5.91 Å². The van der Waals surface area contributed by atoms with Crippen LogP contribution in [0.25, 0.3) is 0 Å². The van der Waals surface area contributed by atoms with Crippen LogP contribution in [0.4, 0.5) is 0 Å². The molecule has 0 bridgehead atoms. The van der Waals surface area contributed by atoms with Gasteiger partial charge < -0.3 is 10.4 Å². The number of hydrogen-bond acceptors (Lipinski definition) is 2. The molecule has 3 nitrogen and oxygen atoms in total. The summed E-state index contributed by atoms with van der Waals surface area (Å²) in [5.74, 6) is -0.143. The second-order valence-electron chi connectivity index (χ2n) is 5.78. The average molecular weight is 297 g/mol. The van der Waals surface area contributed by atoms with Crippen molar-refractivity contribution in [2.45, 2.75) is 39.8 Å². The Morgan fingerprint density at radius 1 is 1.09 bits per heavy atom. The number of rotatable bonds is 5. The minimum absolute atomic E-state index is 0.0774. The first-order valence-corrected chi connectivity index (χ1v) is 7.54. The summed E-state index contributed by atoms with van der Waals surface area (Å²) >= 11 is 0. The molecule has 0 aliphatic carbocycles. The summed E-state index contributed by atoms with van der Waals surface area (Å²) in [4.78, 5) is 12.0. The van der Waals surface area contributed by atoms with E-state index < -0.39 is 6.10 Å². The number of benzene rings is 2. The molecule has 0 aliphatic heterocycles. The fourth-order valence-electron chi connectivity index (χ4n) is 2.72. The maximum Gasteiger partial charge on any atom is 0.223 e. The number of carbonyl (C=O) groups is 1. The highest BCUT2D eigenvalue weighted by Gasteiger charge is 2.13. The minimum Gasteiger partial charge on any atom is -0.388 e. The van der Waals surface area contributed by atoms with E-state index in [9.17, 15) is 9.90 Å². The summed E-state index contributed by atoms with van der Waals surface area (Å²) in [5, 5.41) is 13.0. The third-order valence-corrected chi connectivity index (χ3v) is 3.87. The number of carbonyl (C=O) groups excluding carboxylic acids is 1. The zero-order valence-electron chi connectivity index (χ0n) is 13.4. The number of aryl methyl sites for hydroxylation is 3. The van der Waals surface area contributed by atoms with Gasteiger partial charge in [-0.05, 0) is 43.0 Å². The Hall–Kier alpha value is -2.13. The zero-order chi connectivity index (χ0) is 16.1. The van der Waals surface area contributed by atoms with E-state index in [1.54, 1.807) is 0 Å². The topological polar surface area (TPSA) is 49.3 Å². The molecule has 0 fully saturated rings. The molecule has 0 radical (unpaired) electrons. The van der Waals surface area contributed by atoms with Crippen LogP contribution in [0.15, 0.2) is 42.5 Å². The third-order valence-electron chi connectivity index (χ3n) is 3.87. The molecule has 22 heavy (non-hydrogen) atoms. The standard InChI is InChI=1S/C19H23NO2/c1-13-9-14(2)17(15(3)10-13)12-20-19(22)11-18(21)16-7-5-4-6-8-16/h4-10,18,21H,11-12H2,1-3H3,(H,20,22). The Morgan fingerprint density at radius 3 is 2.27 bits per heavy atom. The molecule has 2 N–H and O–H groups in total. The SMILES string of the molecule is Cc1cc(C)c(CNC(=O)CC(O)c2ccccc2)c(C)c1. The summed E-state index contributed by atoms with van der Waals surface area (Å²) < 4.78 is 0. The van der Waals surface area contributed by atoms with Crippen molar-refractivity contribution in [3.8, 4) is 0 Å². The second-order valence-corrected chi connectivity index (χ2v) is 5.78. The summed E-state index contributed by atoms with van der Waals surface area (Å²) in [6, 6.07) is 13.5. The van der Waals surface area contributed by atoms with Gasteiger partial charge in [-0.25, -0.2) is 0 Å². The average Bonchev–Trinajstić information content (AvgIpc) is 2.47. The Morgan fingerprint density at radius 2 is 1.68 bits per heavy atom. The molecule has 1 unspecified atom stereocenters. The van der Waals surface area contributed by atoms with Crippen LogP contribution in [-0.2, 0) is 11.3 Å². The van der Waals surface area contributed by atoms with E-state index in [1.165, 1.54) is 16.7 Å². The van der Waals surface area contributed by atoms with Crippen molar-refractivity contribution in [1.82, 2.24) is 5.32 Å². The first-order chi connectivity index (χ1) is 10.5. The molecule has 116 valence electrons. The summed E-state index contributed by atoms with van der Waals surface area (Å²) in [6.07, 6.45) is -0.685. The molecule has 0 saturated heterocycles. The first-order valence-electron chi connectivity index (χ1n) is 7.54. The molecule has 0 aromatic heterocycles. The Kier molecular flexibility index (Phi) is 5.34. The van der Waals surface area contributed by atoms with Gasteiger partial charge in [0.05, 0.1) is 12.5 Å². The summed E-state index contributed by atoms with van der Waals surface area (Å²) in [5.41, 5.74) is 5.50. The van der Waals surface area contributed by atoms with E-state index >= 15 is 0 Å². The molecule has 2 aromatic carbocycles. The maximum absolute atomic E-state index is 12.0. The van der Waals surface area contributed by atoms with Gasteiger partial charge in [0.1, 0.15) is 0 Å². The van der Waals surface area contributed by atoms with E-state index in [0.717, 1.165) is 11.1 Å². The lowest BCUT2D eigenvalue weighted by atomic mass is 9.99. The van der Waals surface area contributed by atoms with Gasteiger partial charge in [-0.3, -0.25) is 4.79 Å². The number of nitrogens with one attached hydrogen (secondary N) is 1. The van der Waals surface area contributed by atoms with E-state index in [4.69, 9.17) is 0 Å². The molecular formula is C19H23NO2. The monoisotopic (exact) mass is 297 g/mol. The van der Waals surface area contributed by atoms with E-state index in [1.807, 2.05) is 30.3 Å². The van der Waals surface area contributed by atoms with Crippen LogP contribution in [0.5, 0.6) is 0 Å². The molecule has 2 rings (SSSR count). The van der Waals surface area contributed by atoms with Crippen LogP contribution in [0.3, 0.4) is 0 Å². The molecule has 3 heteroatoms. The zero-order valence-corrected chi connectivity index (χ0v) is 13.4. The van der Waals surface area contributed by atoms with Crippen molar-refractivity contribution < 1.29 is 9.90 Å². The van der Waals surface area contributed by atoms with Crippen LogP contribution in [0.2, 0.25) is 0 Å². The number of aliphatic hydroxyl groups excluding tert-OH is 1. The van der Waals surface area contributed by atoms with Crippen molar-refractivity contribution in [2.24, 2.45) is 0 Å². The van der Waals surface area contributed by atoms with Gasteiger partial charge in [0, 0.05) is 6.54 Å². The quantitative estimate of drug-likeness (QED) is 0.889. The van der Waals surface area contributed by atoms with Gasteiger partial charge in [-0.2, -0.15) is 0 Å². The van der Waals surface area contributed by atoms with Gasteiger partial charge in [-0.1, -0.05) is 48.0 Å². The maximum atomic E-state index is 12.0. The number of aliphatic hydroxyl groups is 1. The van der Waals surface area contributed by atoms with Crippen molar-refractivity contribution in [3.63, 3.8) is 0 Å². The molecule has 0 saturated carbocycles. The minimum atomic E-state index is -0.763. The number of hydrogen-bond donors (Lipinski definition) is 2. The summed E-state index contributed by atoms with van der Waals surface area (Å²) in [7, 11) is 0. The van der Waals surface area contributed by atoms with Gasteiger partial charge >= 0.3 is 0 Å². The lowest BCUT2D eigenvalue weighted by Crippen LogP contribution is -2.25. The fourth-order valence-corrected chi connectivity index (χ4v) is 2.72. The molecule has 0 heterocycles. The predicted octanol–water partition coefficient (Wildman–Crippen LogP) is 3.35. The van der Waals surface area contributed by atoms with Crippen molar-refractivity contribution in [2.75, 3.05) is 0 Å². The normalized spacial score (nSPS) is 12.0. The highest BCUT2D eigenvalue weighted by Crippen LogP contribution is 2.18. The molecule has 0 aliphatic rings. The Balaban J connectivity index is 1.94. The molecule has 1 amide bonds. The predicted molar refractivity (Wildman–Crippen MR) is 88.5 cm³/mol. The lowest BCUT2D eigenvalue weighted by Gasteiger charge is -2.14. The highest BCUT2D eigenvalue weighted by atomic mass is 16.3. The Labute approximate surface area is 132 Å². The highest BCUT2D eigenvalue weighted by molar-refractivity contribution is 5.76. The fraction of sp³-hybridized carbons (Fsp3) is 0.316. The Bertz CT molecular complexity index is 627. The van der Waals surface area contributed by atoms with E-state index in [0.29, 0.717) is 6.54 Å². The van der Waals surface area contributed by atoms with Crippen LogP contribution < -0.4 is 5.32 Å². The second kappa shape index (κ2) is 7.23. The molecular weight excluding hydrogens is 274 g/mol. The molecule has 2 aromatic rings. The van der Waals surface area contributed by atoms with Crippen LogP contribution in [0, 0.1) is 20.8 Å². The van der Waals surface area contributed by atoms with Crippen LogP contribution in [0.1, 0.15) is 40.3 Å². The van der Waals surface area contributed by atoms with Gasteiger partial charge in [-0.15, -0.1) is 0 Å². The number of amides is 1. The van der Waals surface area contributed by atoms with E-state index in [-0.39, 0.29) is 12.3 Å². The van der Waals surface area contributed by atoms with Gasteiger partial charge in [0.25, 0.3) is 0 Å². The first kappa shape index (κ1) is 16.2. The largest absolute Gasteiger partial charge is 0.388 e. The van der Waals surface area contributed by atoms with Crippen molar-refractivity contribution in [1.29, 1.82) is 0 Å². The lowest BCUT2D eigenvalue weighted by molar-refractivity contribution is -0.123. The molecule has 0 spiro atoms. The molecule has 1 atom stereocenters. The van der Waals surface area contributed by atoms with Crippen LogP contribution in [-0.4, -0.2) is 11.0 Å². The summed E-state index contributed by atoms with van der Waals surface area (Å²) in [6.45, 7) is 6.68. The van der Waals surface area contributed by atoms with Gasteiger partial charge in [0.2, 0.25) is 5.91 Å². The van der Waals surface area contributed by atoms with Crippen molar-refractivity contribution in [3.05, 3.63) is 70.3 Å². The van der Waals surface area contributed by atoms with E-state index in [2.05, 4.69) is 38.2 Å².